The molecule has 3 aliphatic rings. The number of benzene rings is 1. The molecule has 0 bridgehead atoms. The number of fused-ring (bicyclic) bond motifs is 2. The Balaban J connectivity index is 1.58. The molecule has 3 amide bonds. The van der Waals surface area contributed by atoms with Crippen molar-refractivity contribution in [2.45, 2.75) is 57.0 Å². The Kier molecular flexibility index (Phi) is 4.66. The van der Waals surface area contributed by atoms with Gasteiger partial charge in [0.05, 0.1) is 11.3 Å². The molecule has 1 aromatic carbocycles. The van der Waals surface area contributed by atoms with Gasteiger partial charge in [0.2, 0.25) is 11.8 Å². The van der Waals surface area contributed by atoms with Crippen LogP contribution in [0.15, 0.2) is 24.3 Å². The van der Waals surface area contributed by atoms with E-state index in [1.165, 1.54) is 11.3 Å². The maximum atomic E-state index is 13.1. The summed E-state index contributed by atoms with van der Waals surface area (Å²) >= 11 is 0. The number of anilines is 1. The molecule has 1 unspecified atom stereocenters. The third kappa shape index (κ3) is 3.08. The first kappa shape index (κ1) is 17.1. The minimum atomic E-state index is -0.447. The molecule has 0 aromatic heterocycles. The molecule has 138 valence electrons. The summed E-state index contributed by atoms with van der Waals surface area (Å²) < 4.78 is 0. The SMILES string of the molecule is O=C(CN1C(=O)C2CCCN2C(=O)c2ccccc21)NC1CCCCC1. The van der Waals surface area contributed by atoms with Gasteiger partial charge in [-0.05, 0) is 37.8 Å². The summed E-state index contributed by atoms with van der Waals surface area (Å²) in [5.41, 5.74) is 1.06. The first-order chi connectivity index (χ1) is 12.6. The fourth-order valence-electron chi connectivity index (χ4n) is 4.44. The second-order valence-electron chi connectivity index (χ2n) is 7.50. The molecule has 1 atom stereocenters. The number of nitrogens with one attached hydrogen (secondary N) is 1. The van der Waals surface area contributed by atoms with Gasteiger partial charge in [0.1, 0.15) is 12.6 Å². The molecule has 4 rings (SSSR count). The van der Waals surface area contributed by atoms with Crippen LogP contribution in [0.4, 0.5) is 5.69 Å². The molecular formula is C20H25N3O3. The molecule has 2 heterocycles. The number of carbonyl (C=O) groups excluding carboxylic acids is 3. The van der Waals surface area contributed by atoms with E-state index in [2.05, 4.69) is 5.32 Å². The average molecular weight is 355 g/mol. The molecular weight excluding hydrogens is 330 g/mol. The highest BCUT2D eigenvalue weighted by molar-refractivity contribution is 6.12. The molecule has 6 heteroatoms. The van der Waals surface area contributed by atoms with E-state index >= 15 is 0 Å². The molecule has 0 radical (unpaired) electrons. The van der Waals surface area contributed by atoms with Crippen molar-refractivity contribution in [1.29, 1.82) is 0 Å². The van der Waals surface area contributed by atoms with Crippen molar-refractivity contribution < 1.29 is 14.4 Å². The Morgan fingerprint density at radius 1 is 1.04 bits per heavy atom. The molecule has 1 aliphatic carbocycles. The summed E-state index contributed by atoms with van der Waals surface area (Å²) in [5, 5.41) is 3.08. The quantitative estimate of drug-likeness (QED) is 0.903. The topological polar surface area (TPSA) is 69.7 Å². The van der Waals surface area contributed by atoms with Crippen LogP contribution in [-0.2, 0) is 9.59 Å². The number of carbonyl (C=O) groups is 3. The fourth-order valence-corrected chi connectivity index (χ4v) is 4.44. The van der Waals surface area contributed by atoms with E-state index < -0.39 is 6.04 Å². The second-order valence-corrected chi connectivity index (χ2v) is 7.50. The molecule has 1 saturated carbocycles. The zero-order valence-electron chi connectivity index (χ0n) is 14.9. The summed E-state index contributed by atoms with van der Waals surface area (Å²) in [4.78, 5) is 41.8. The smallest absolute Gasteiger partial charge is 0.256 e. The fraction of sp³-hybridized carbons (Fsp3) is 0.550. The van der Waals surface area contributed by atoms with E-state index in [4.69, 9.17) is 0 Å². The van der Waals surface area contributed by atoms with Crippen molar-refractivity contribution in [1.82, 2.24) is 10.2 Å². The number of hydrogen-bond donors (Lipinski definition) is 1. The van der Waals surface area contributed by atoms with Crippen molar-refractivity contribution >= 4 is 23.4 Å². The van der Waals surface area contributed by atoms with Crippen molar-refractivity contribution in [2.24, 2.45) is 0 Å². The third-order valence-corrected chi connectivity index (χ3v) is 5.76. The minimum Gasteiger partial charge on any atom is -0.352 e. The van der Waals surface area contributed by atoms with Crippen LogP contribution in [-0.4, -0.2) is 47.8 Å². The van der Waals surface area contributed by atoms with E-state index in [9.17, 15) is 14.4 Å². The Bertz CT molecular complexity index is 727. The first-order valence-corrected chi connectivity index (χ1v) is 9.66. The predicted molar refractivity (Wildman–Crippen MR) is 97.9 cm³/mol. The highest BCUT2D eigenvalue weighted by atomic mass is 16.2. The third-order valence-electron chi connectivity index (χ3n) is 5.76. The van der Waals surface area contributed by atoms with Gasteiger partial charge in [-0.25, -0.2) is 0 Å². The van der Waals surface area contributed by atoms with Crippen LogP contribution in [0.5, 0.6) is 0 Å². The van der Waals surface area contributed by atoms with E-state index in [1.54, 1.807) is 23.1 Å². The molecule has 2 aliphatic heterocycles. The van der Waals surface area contributed by atoms with Crippen molar-refractivity contribution in [3.8, 4) is 0 Å². The highest BCUT2D eigenvalue weighted by Crippen LogP contribution is 2.32. The van der Waals surface area contributed by atoms with Crippen LogP contribution in [0.2, 0.25) is 0 Å². The molecule has 1 N–H and O–H groups in total. The van der Waals surface area contributed by atoms with Crippen molar-refractivity contribution in [3.05, 3.63) is 29.8 Å². The van der Waals surface area contributed by atoms with E-state index in [1.807, 2.05) is 6.07 Å². The van der Waals surface area contributed by atoms with Gasteiger partial charge >= 0.3 is 0 Å². The zero-order valence-corrected chi connectivity index (χ0v) is 14.9. The van der Waals surface area contributed by atoms with Crippen LogP contribution < -0.4 is 10.2 Å². The number of nitrogens with zero attached hydrogens (tertiary/aromatic N) is 2. The van der Waals surface area contributed by atoms with Gasteiger partial charge in [0, 0.05) is 12.6 Å². The Morgan fingerprint density at radius 2 is 1.81 bits per heavy atom. The molecule has 6 nitrogen and oxygen atoms in total. The Morgan fingerprint density at radius 3 is 2.62 bits per heavy atom. The molecule has 1 aromatic rings. The zero-order chi connectivity index (χ0) is 18.1. The van der Waals surface area contributed by atoms with Crippen molar-refractivity contribution in [2.75, 3.05) is 18.0 Å². The molecule has 1 saturated heterocycles. The number of rotatable bonds is 3. The Hall–Kier alpha value is -2.37. The first-order valence-electron chi connectivity index (χ1n) is 9.66. The standard InChI is InChI=1S/C20H25N3O3/c24-18(21-14-7-2-1-3-8-14)13-23-16-10-5-4-9-15(16)19(25)22-12-6-11-17(22)20(23)26/h4-5,9-10,14,17H,1-3,6-8,11-13H2,(H,21,24). The van der Waals surface area contributed by atoms with Crippen LogP contribution >= 0.6 is 0 Å². The van der Waals surface area contributed by atoms with Crippen LogP contribution in [0.1, 0.15) is 55.3 Å². The van der Waals surface area contributed by atoms with Gasteiger partial charge < -0.3 is 15.1 Å². The summed E-state index contributed by atoms with van der Waals surface area (Å²) in [6, 6.07) is 6.88. The van der Waals surface area contributed by atoms with Gasteiger partial charge in [-0.15, -0.1) is 0 Å². The predicted octanol–water partition coefficient (Wildman–Crippen LogP) is 2.09. The van der Waals surface area contributed by atoms with Gasteiger partial charge in [-0.1, -0.05) is 31.4 Å². The van der Waals surface area contributed by atoms with Crippen LogP contribution in [0.3, 0.4) is 0 Å². The average Bonchev–Trinajstić information content (AvgIpc) is 3.13. The molecule has 0 spiro atoms. The van der Waals surface area contributed by atoms with Gasteiger partial charge in [-0.3, -0.25) is 14.4 Å². The van der Waals surface area contributed by atoms with E-state index in [-0.39, 0.29) is 30.3 Å². The lowest BCUT2D eigenvalue weighted by Crippen LogP contribution is -2.49. The maximum absolute atomic E-state index is 13.1. The van der Waals surface area contributed by atoms with E-state index in [0.717, 1.165) is 32.1 Å². The maximum Gasteiger partial charge on any atom is 0.256 e. The highest BCUT2D eigenvalue weighted by Gasteiger charge is 2.42. The number of para-hydroxylation sites is 1. The van der Waals surface area contributed by atoms with Gasteiger partial charge in [-0.2, -0.15) is 0 Å². The van der Waals surface area contributed by atoms with Crippen LogP contribution in [0, 0.1) is 0 Å². The second kappa shape index (κ2) is 7.09. The summed E-state index contributed by atoms with van der Waals surface area (Å²) in [6.07, 6.45) is 7.01. The van der Waals surface area contributed by atoms with Gasteiger partial charge in [0.15, 0.2) is 0 Å². The van der Waals surface area contributed by atoms with E-state index in [0.29, 0.717) is 24.2 Å². The minimum absolute atomic E-state index is 0.0238. The molecule has 2 fully saturated rings. The lowest BCUT2D eigenvalue weighted by Gasteiger charge is -2.27. The number of hydrogen-bond acceptors (Lipinski definition) is 3. The Labute approximate surface area is 153 Å². The number of amides is 3. The normalized spacial score (nSPS) is 23.5. The lowest BCUT2D eigenvalue weighted by molar-refractivity contribution is -0.126. The molecule has 26 heavy (non-hydrogen) atoms. The summed E-state index contributed by atoms with van der Waals surface area (Å²) in [5.74, 6) is -0.384. The summed E-state index contributed by atoms with van der Waals surface area (Å²) in [6.45, 7) is 0.579. The van der Waals surface area contributed by atoms with Gasteiger partial charge in [0.25, 0.3) is 5.91 Å². The monoisotopic (exact) mass is 355 g/mol. The largest absolute Gasteiger partial charge is 0.352 e. The summed E-state index contributed by atoms with van der Waals surface area (Å²) in [7, 11) is 0. The lowest BCUT2D eigenvalue weighted by atomic mass is 9.95. The van der Waals surface area contributed by atoms with Crippen molar-refractivity contribution in [3.63, 3.8) is 0 Å². The van der Waals surface area contributed by atoms with Crippen LogP contribution in [0.25, 0.3) is 0 Å².